The van der Waals surface area contributed by atoms with E-state index in [-0.39, 0.29) is 29.7 Å². The summed E-state index contributed by atoms with van der Waals surface area (Å²) in [6.45, 7) is 4.28. The van der Waals surface area contributed by atoms with E-state index in [0.29, 0.717) is 61.1 Å². The molecule has 6 heterocycles. The summed E-state index contributed by atoms with van der Waals surface area (Å²) in [6.07, 6.45) is 12.2. The second-order valence-electron chi connectivity index (χ2n) is 14.9. The number of amides is 3. The van der Waals surface area contributed by atoms with Crippen molar-refractivity contribution < 1.29 is 24.2 Å². The average Bonchev–Trinajstić information content (AvgIpc) is 3.75. The number of aliphatic hydroxyl groups excluding tert-OH is 1. The monoisotopic (exact) mass is 717 g/mol. The fourth-order valence-corrected chi connectivity index (χ4v) is 7.94. The molecule has 2 saturated heterocycles. The number of imide groups is 1. The van der Waals surface area contributed by atoms with Gasteiger partial charge in [-0.1, -0.05) is 18.2 Å². The standard InChI is InChI=1S/C39H43N9O5/c49-35-7-6-30(38(51)43-35)26-4-5-27-20-46(15-8-25(27)16-26)36(50)22-45-13-9-29(10-14-45)48-21-28-17-33(34(18-32(28)44-48)53-23-24-2-3-24)42-39(52)31-19-41-47-12-1-11-40-37(31)47/h1,4-5,11-12,16-19,21,24,29-30,36,50H,2-3,6-10,13-15,20,22-23H2,(H,42,52)(H,43,49,51). The number of carbonyl (C=O) groups is 3. The summed E-state index contributed by atoms with van der Waals surface area (Å²) in [5.74, 6) is 0.148. The molecule has 2 aromatic carbocycles. The molecular weight excluding hydrogens is 674 g/mol. The molecule has 2 unspecified atom stereocenters. The van der Waals surface area contributed by atoms with Crippen LogP contribution in [-0.2, 0) is 22.6 Å². The summed E-state index contributed by atoms with van der Waals surface area (Å²) in [4.78, 5) is 46.2. The number of ether oxygens (including phenoxy) is 1. The quantitative estimate of drug-likeness (QED) is 0.182. The molecule has 3 amide bonds. The first-order chi connectivity index (χ1) is 25.8. The van der Waals surface area contributed by atoms with Crippen molar-refractivity contribution in [3.05, 3.63) is 83.4 Å². The van der Waals surface area contributed by atoms with E-state index in [1.54, 1.807) is 23.0 Å². The van der Waals surface area contributed by atoms with Crippen molar-refractivity contribution in [1.82, 2.24) is 39.5 Å². The third kappa shape index (κ3) is 7.01. The highest BCUT2D eigenvalue weighted by atomic mass is 16.5. The van der Waals surface area contributed by atoms with Crippen molar-refractivity contribution in [3.8, 4) is 5.75 Å². The highest BCUT2D eigenvalue weighted by molar-refractivity contribution is 6.09. The van der Waals surface area contributed by atoms with Gasteiger partial charge in [0.05, 0.1) is 36.0 Å². The fourth-order valence-electron chi connectivity index (χ4n) is 7.94. The van der Waals surface area contributed by atoms with Gasteiger partial charge in [0, 0.05) is 69.2 Å². The molecule has 14 nitrogen and oxygen atoms in total. The Morgan fingerprint density at radius 2 is 1.91 bits per heavy atom. The summed E-state index contributed by atoms with van der Waals surface area (Å²) in [7, 11) is 0. The van der Waals surface area contributed by atoms with E-state index in [2.05, 4.69) is 53.5 Å². The van der Waals surface area contributed by atoms with Crippen LogP contribution in [-0.4, -0.2) is 96.0 Å². The van der Waals surface area contributed by atoms with Crippen LogP contribution in [0.1, 0.15) is 77.5 Å². The van der Waals surface area contributed by atoms with Crippen LogP contribution in [0.4, 0.5) is 5.69 Å². The van der Waals surface area contributed by atoms with Gasteiger partial charge in [-0.3, -0.25) is 34.2 Å². The van der Waals surface area contributed by atoms with Gasteiger partial charge in [-0.25, -0.2) is 9.50 Å². The number of piperidine rings is 2. The first-order valence-corrected chi connectivity index (χ1v) is 18.7. The smallest absolute Gasteiger partial charge is 0.261 e. The lowest BCUT2D eigenvalue weighted by molar-refractivity contribution is -0.134. The average molecular weight is 718 g/mol. The molecule has 3 N–H and O–H groups in total. The third-order valence-corrected chi connectivity index (χ3v) is 11.3. The Balaban J connectivity index is 0.827. The van der Waals surface area contributed by atoms with Crippen LogP contribution < -0.4 is 15.4 Å². The zero-order valence-corrected chi connectivity index (χ0v) is 29.5. The van der Waals surface area contributed by atoms with Crippen molar-refractivity contribution in [2.45, 2.75) is 69.7 Å². The zero-order valence-electron chi connectivity index (χ0n) is 29.5. The Labute approximate surface area is 306 Å². The predicted molar refractivity (Wildman–Crippen MR) is 195 cm³/mol. The maximum Gasteiger partial charge on any atom is 0.261 e. The Hall–Kier alpha value is -5.18. The van der Waals surface area contributed by atoms with Gasteiger partial charge >= 0.3 is 0 Å². The van der Waals surface area contributed by atoms with Crippen LogP contribution in [0.2, 0.25) is 0 Å². The van der Waals surface area contributed by atoms with Crippen LogP contribution in [0.25, 0.3) is 16.6 Å². The molecule has 1 aliphatic carbocycles. The molecule has 3 aromatic heterocycles. The number of nitrogens with zero attached hydrogens (tertiary/aromatic N) is 7. The minimum absolute atomic E-state index is 0.201. The number of benzene rings is 2. The molecule has 2 atom stereocenters. The predicted octanol–water partition coefficient (Wildman–Crippen LogP) is 3.65. The molecule has 9 rings (SSSR count). The maximum absolute atomic E-state index is 13.4. The first kappa shape index (κ1) is 33.6. The molecule has 274 valence electrons. The molecule has 0 spiro atoms. The zero-order chi connectivity index (χ0) is 36.1. The minimum atomic E-state index is -0.582. The highest BCUT2D eigenvalue weighted by Crippen LogP contribution is 2.36. The van der Waals surface area contributed by atoms with Crippen LogP contribution in [0.15, 0.2) is 61.2 Å². The molecule has 3 aliphatic heterocycles. The number of nitrogens with one attached hydrogen (secondary N) is 2. The normalized spacial score (nSPS) is 20.7. The van der Waals surface area contributed by atoms with Gasteiger partial charge in [0.2, 0.25) is 11.8 Å². The second-order valence-corrected chi connectivity index (χ2v) is 14.9. The summed E-state index contributed by atoms with van der Waals surface area (Å²) in [5, 5.41) is 26.9. The van der Waals surface area contributed by atoms with Gasteiger partial charge in [0.15, 0.2) is 5.65 Å². The Bertz CT molecular complexity index is 2200. The Kier molecular flexibility index (Phi) is 8.88. The van der Waals surface area contributed by atoms with Crippen LogP contribution in [0, 0.1) is 5.92 Å². The third-order valence-electron chi connectivity index (χ3n) is 11.3. The molecule has 3 fully saturated rings. The number of fused-ring (bicyclic) bond motifs is 3. The first-order valence-electron chi connectivity index (χ1n) is 18.7. The molecule has 0 radical (unpaired) electrons. The van der Waals surface area contributed by atoms with E-state index in [4.69, 9.17) is 9.84 Å². The lowest BCUT2D eigenvalue weighted by Crippen LogP contribution is -2.48. The van der Waals surface area contributed by atoms with Crippen molar-refractivity contribution in [2.75, 3.05) is 38.1 Å². The number of anilines is 1. The topological polar surface area (TPSA) is 159 Å². The highest BCUT2D eigenvalue weighted by Gasteiger charge is 2.31. The van der Waals surface area contributed by atoms with E-state index < -0.39 is 6.23 Å². The van der Waals surface area contributed by atoms with Gasteiger partial charge in [-0.15, -0.1) is 0 Å². The van der Waals surface area contributed by atoms with Crippen LogP contribution >= 0.6 is 0 Å². The maximum atomic E-state index is 13.4. The van der Waals surface area contributed by atoms with Crippen LogP contribution in [0.3, 0.4) is 0 Å². The van der Waals surface area contributed by atoms with Crippen molar-refractivity contribution >= 4 is 40.0 Å². The summed E-state index contributed by atoms with van der Waals surface area (Å²) >= 11 is 0. The number of aliphatic hydroxyl groups is 1. The lowest BCUT2D eigenvalue weighted by Gasteiger charge is -2.38. The SMILES string of the molecule is O=C1CCC(c2ccc3c(c2)CCN(C(O)CN2CCC(n4cc5cc(NC(=O)c6cnn7cccnc67)c(OCC6CC6)cc5n4)CC2)C3)C(=O)N1. The summed E-state index contributed by atoms with van der Waals surface area (Å²) in [5.41, 5.74) is 5.63. The largest absolute Gasteiger partial charge is 0.491 e. The molecular formula is C39H43N9O5. The number of carbonyl (C=O) groups excluding carboxylic acids is 3. The van der Waals surface area contributed by atoms with E-state index in [1.165, 1.54) is 17.3 Å². The summed E-state index contributed by atoms with van der Waals surface area (Å²) < 4.78 is 9.86. The number of β-amino-alcohol motifs (C(OH)–C–C–N with tert-alkyl or cyclic N) is 1. The number of aromatic nitrogens is 5. The van der Waals surface area contributed by atoms with Crippen molar-refractivity contribution in [3.63, 3.8) is 0 Å². The van der Waals surface area contributed by atoms with E-state index >= 15 is 0 Å². The van der Waals surface area contributed by atoms with E-state index in [9.17, 15) is 19.5 Å². The van der Waals surface area contributed by atoms with Gasteiger partial charge in [0.25, 0.3) is 5.91 Å². The van der Waals surface area contributed by atoms with Gasteiger partial charge in [0.1, 0.15) is 17.5 Å². The van der Waals surface area contributed by atoms with Gasteiger partial charge in [-0.05, 0) is 73.3 Å². The number of rotatable bonds is 10. The van der Waals surface area contributed by atoms with E-state index in [0.717, 1.165) is 68.2 Å². The molecule has 1 saturated carbocycles. The molecule has 5 aromatic rings. The molecule has 0 bridgehead atoms. The second kappa shape index (κ2) is 14.0. The molecule has 53 heavy (non-hydrogen) atoms. The number of hydrogen-bond donors (Lipinski definition) is 3. The van der Waals surface area contributed by atoms with E-state index in [1.807, 2.05) is 18.2 Å². The number of hydrogen-bond acceptors (Lipinski definition) is 10. The Morgan fingerprint density at radius 3 is 2.74 bits per heavy atom. The van der Waals surface area contributed by atoms with Crippen LogP contribution in [0.5, 0.6) is 5.75 Å². The summed E-state index contributed by atoms with van der Waals surface area (Å²) in [6, 6.07) is 12.0. The number of likely N-dealkylation sites (tertiary alicyclic amines) is 1. The Morgan fingerprint density at radius 1 is 1.04 bits per heavy atom. The van der Waals surface area contributed by atoms with Crippen molar-refractivity contribution in [1.29, 1.82) is 0 Å². The minimum Gasteiger partial charge on any atom is -0.491 e. The lowest BCUT2D eigenvalue weighted by atomic mass is 9.87. The van der Waals surface area contributed by atoms with Crippen molar-refractivity contribution in [2.24, 2.45) is 5.92 Å². The fraction of sp³-hybridized carbons (Fsp3) is 0.436. The molecule has 4 aliphatic rings. The molecule has 14 heteroatoms. The van der Waals surface area contributed by atoms with Gasteiger partial charge in [-0.2, -0.15) is 10.2 Å². The van der Waals surface area contributed by atoms with Gasteiger partial charge < -0.3 is 15.2 Å².